The van der Waals surface area contributed by atoms with Crippen molar-refractivity contribution in [1.29, 1.82) is 0 Å². The molecule has 4 aliphatic carbocycles. The number of benzene rings is 1. The zero-order valence-electron chi connectivity index (χ0n) is 51.9. The molecular weight excluding hydrogens is 1110 g/mol. The average Bonchev–Trinajstić information content (AvgIpc) is 1.63. The normalized spacial score (nSPS) is 49.2. The minimum atomic E-state index is -2.05. The van der Waals surface area contributed by atoms with Gasteiger partial charge in [-0.3, -0.25) is 4.79 Å². The van der Waals surface area contributed by atoms with E-state index in [0.29, 0.717) is 56.9 Å². The predicted molar refractivity (Wildman–Crippen MR) is 300 cm³/mol. The van der Waals surface area contributed by atoms with Crippen LogP contribution in [-0.2, 0) is 80.6 Å². The first kappa shape index (κ1) is 65.3. The molecule has 3 saturated carbocycles. The Balaban J connectivity index is 0.723. The summed E-state index contributed by atoms with van der Waals surface area (Å²) in [5, 5.41) is 48.7. The molecule has 5 aliphatic heterocycles. The molecule has 28 atom stereocenters. The Bertz CT molecular complexity index is 2470. The number of ether oxygens (including phenoxy) is 16. The van der Waals surface area contributed by atoms with Crippen molar-refractivity contribution >= 4 is 11.8 Å². The van der Waals surface area contributed by atoms with Crippen molar-refractivity contribution in [1.82, 2.24) is 0 Å². The van der Waals surface area contributed by atoms with Crippen molar-refractivity contribution in [3.8, 4) is 0 Å². The molecule has 85 heavy (non-hydrogen) atoms. The van der Waals surface area contributed by atoms with E-state index in [1.165, 1.54) is 6.92 Å². The second-order valence-electron chi connectivity index (χ2n) is 26.1. The van der Waals surface area contributed by atoms with Gasteiger partial charge in [-0.15, -0.1) is 0 Å². The van der Waals surface area contributed by atoms with Crippen LogP contribution in [0.1, 0.15) is 143 Å². The minimum absolute atomic E-state index is 0.0489. The highest BCUT2D eigenvalue weighted by molar-refractivity contribution is 5.90. The Hall–Kier alpha value is -2.66. The molecule has 0 amide bonds. The van der Waals surface area contributed by atoms with Crippen molar-refractivity contribution in [2.24, 2.45) is 16.7 Å². The molecule has 1 aromatic carbocycles. The van der Waals surface area contributed by atoms with E-state index < -0.39 is 168 Å². The number of esters is 1. The van der Waals surface area contributed by atoms with Crippen molar-refractivity contribution in [2.45, 2.75) is 284 Å². The molecule has 4 N–H and O–H groups in total. The van der Waals surface area contributed by atoms with Gasteiger partial charge in [-0.05, 0) is 111 Å². The number of aliphatic hydroxyl groups excluding tert-OH is 1. The SMILES string of the molecule is CO[C@H]1C[C@H](O[C@H]2CC[C@@]3(C)C(=CC[C@]4(O)[C@@H]3C[C@@H](OC(=O)c3ccccc3)[C@@]3(C)[C@]4(O)CC[C@@]3(O)C(C)=O)C2)O[C@H](C)[C@H]1O[C@H]1C[C@H](OC)[C@H](O[C@H]2C[C@@H](OC)[C@H](O[C@H]3C[C@@H](OC)[C@H](O[C@H]4C[C@@H](OC)[C@H](O)[C@@H](C)O4)[C@@H](C)O3)[C@@H](C)O2)[C@@H](C)O1. The van der Waals surface area contributed by atoms with Crippen LogP contribution in [0.25, 0.3) is 0 Å². The van der Waals surface area contributed by atoms with E-state index in [0.717, 1.165) is 5.57 Å². The third kappa shape index (κ3) is 11.9. The topological polar surface area (TPSA) is 263 Å². The highest BCUT2D eigenvalue weighted by Gasteiger charge is 2.81. The molecule has 10 rings (SSSR count). The molecule has 0 aromatic heterocycles. The van der Waals surface area contributed by atoms with Gasteiger partial charge in [-0.1, -0.05) is 36.8 Å². The average molecular weight is 1210 g/mol. The zero-order valence-corrected chi connectivity index (χ0v) is 51.9. The molecule has 0 unspecified atom stereocenters. The maximum Gasteiger partial charge on any atom is 0.338 e. The molecule has 9 aliphatic rings. The fraction of sp³-hybridized carbons (Fsp3) is 0.841. The smallest absolute Gasteiger partial charge is 0.338 e. The van der Waals surface area contributed by atoms with Gasteiger partial charge in [0.2, 0.25) is 0 Å². The number of hydrogen-bond donors (Lipinski definition) is 4. The quantitative estimate of drug-likeness (QED) is 0.106. The first-order valence-electron chi connectivity index (χ1n) is 30.9. The van der Waals surface area contributed by atoms with Gasteiger partial charge < -0.3 is 96.2 Å². The summed E-state index contributed by atoms with van der Waals surface area (Å²) in [5.41, 5.74) is -6.73. The lowest BCUT2D eigenvalue weighted by atomic mass is 9.42. The zero-order chi connectivity index (χ0) is 61.1. The molecule has 480 valence electrons. The molecule has 0 spiro atoms. The summed E-state index contributed by atoms with van der Waals surface area (Å²) >= 11 is 0. The van der Waals surface area contributed by atoms with E-state index in [2.05, 4.69) is 6.92 Å². The van der Waals surface area contributed by atoms with Gasteiger partial charge in [0.1, 0.15) is 53.4 Å². The monoisotopic (exact) mass is 1200 g/mol. The lowest BCUT2D eigenvalue weighted by Crippen LogP contribution is -2.78. The van der Waals surface area contributed by atoms with Gasteiger partial charge in [0.15, 0.2) is 37.2 Å². The Kier molecular flexibility index (Phi) is 19.9. The van der Waals surface area contributed by atoms with Gasteiger partial charge in [0.05, 0.1) is 78.1 Å². The summed E-state index contributed by atoms with van der Waals surface area (Å²) in [6.07, 6.45) is -5.99. The number of hydrogen-bond acceptors (Lipinski definition) is 22. The van der Waals surface area contributed by atoms with E-state index in [1.807, 2.05) is 33.8 Å². The highest BCUT2D eigenvalue weighted by Crippen LogP contribution is 2.71. The van der Waals surface area contributed by atoms with Gasteiger partial charge in [0.25, 0.3) is 0 Å². The van der Waals surface area contributed by atoms with Crippen molar-refractivity contribution in [3.05, 3.63) is 47.5 Å². The van der Waals surface area contributed by atoms with Crippen LogP contribution in [0.5, 0.6) is 0 Å². The second kappa shape index (κ2) is 25.9. The summed E-state index contributed by atoms with van der Waals surface area (Å²) in [6, 6.07) is 8.52. The largest absolute Gasteiger partial charge is 0.458 e. The van der Waals surface area contributed by atoms with E-state index in [9.17, 15) is 30.0 Å². The maximum absolute atomic E-state index is 13.8. The fourth-order valence-electron chi connectivity index (χ4n) is 16.5. The summed E-state index contributed by atoms with van der Waals surface area (Å²) < 4.78 is 101. The number of rotatable bonds is 18. The van der Waals surface area contributed by atoms with Gasteiger partial charge in [0, 0.05) is 73.6 Å². The molecule has 8 fully saturated rings. The van der Waals surface area contributed by atoms with Crippen molar-refractivity contribution in [3.63, 3.8) is 0 Å². The minimum Gasteiger partial charge on any atom is -0.458 e. The molecule has 5 saturated heterocycles. The van der Waals surface area contributed by atoms with E-state index in [-0.39, 0.29) is 37.9 Å². The predicted octanol–water partition coefficient (Wildman–Crippen LogP) is 5.37. The number of carbonyl (C=O) groups is 2. The molecule has 22 nitrogen and oxygen atoms in total. The van der Waals surface area contributed by atoms with Crippen LogP contribution in [0, 0.1) is 16.7 Å². The van der Waals surface area contributed by atoms with Crippen LogP contribution in [0.15, 0.2) is 42.0 Å². The van der Waals surface area contributed by atoms with Crippen LogP contribution < -0.4 is 0 Å². The van der Waals surface area contributed by atoms with Gasteiger partial charge in [-0.2, -0.15) is 0 Å². The summed E-state index contributed by atoms with van der Waals surface area (Å²) in [5.74, 6) is -1.76. The number of carbonyl (C=O) groups excluding carboxylic acids is 2. The first-order chi connectivity index (χ1) is 40.4. The third-order valence-corrected chi connectivity index (χ3v) is 21.6. The van der Waals surface area contributed by atoms with E-state index in [4.69, 9.17) is 75.8 Å². The molecule has 0 radical (unpaired) electrons. The highest BCUT2D eigenvalue weighted by atomic mass is 16.8. The number of Topliss-reactive ketones (excluding diaryl/α,β-unsaturated/α-hetero) is 1. The Morgan fingerprint density at radius 3 is 1.41 bits per heavy atom. The second-order valence-corrected chi connectivity index (χ2v) is 26.1. The standard InChI is InChI=1S/C63H96O22/c1-32-53(65)41(70-9)26-49(75-32)82-55-34(3)77-51(28-43(55)72-11)84-57-36(5)79-52(30-45(57)74-13)85-56-35(4)78-50(29-44(56)73-12)83-54-33(2)76-48(27-42(54)71-10)80-40-20-21-59(7)39(25-40)19-22-62(68)46(59)31-47(81-58(66)38-17-15-14-16-18-38)60(8)61(67,37(6)64)23-24-63(60,62)69/h14-19,32-36,40-57,65,67-69H,20-31H2,1-13H3/t32-,33-,34-,35-,36-,40+,41-,42+,43-,44+,45-,46-,47-,48+,49+,50+,51+,52+,53-,54-,55-,56-,57-,59+,60-,61-,62+,63-/m1/s1. The van der Waals surface area contributed by atoms with Crippen molar-refractivity contribution in [2.75, 3.05) is 35.5 Å². The summed E-state index contributed by atoms with van der Waals surface area (Å²) in [7, 11) is 8.13. The maximum atomic E-state index is 13.8. The van der Waals surface area contributed by atoms with Crippen molar-refractivity contribution < 1.29 is 106 Å². The van der Waals surface area contributed by atoms with Crippen LogP contribution in [0.3, 0.4) is 0 Å². The summed E-state index contributed by atoms with van der Waals surface area (Å²) in [6.45, 7) is 14.5. The Labute approximate surface area is 500 Å². The lowest BCUT2D eigenvalue weighted by molar-refractivity contribution is -0.352. The van der Waals surface area contributed by atoms with Gasteiger partial charge in [-0.25, -0.2) is 4.79 Å². The molecule has 5 heterocycles. The Morgan fingerprint density at radius 1 is 0.553 bits per heavy atom. The van der Waals surface area contributed by atoms with Crippen LogP contribution >= 0.6 is 0 Å². The fourth-order valence-corrected chi connectivity index (χ4v) is 16.5. The van der Waals surface area contributed by atoms with Gasteiger partial charge >= 0.3 is 5.97 Å². The van der Waals surface area contributed by atoms with E-state index >= 15 is 0 Å². The molecule has 22 heteroatoms. The number of ketones is 1. The van der Waals surface area contributed by atoms with E-state index in [1.54, 1.807) is 79.7 Å². The number of aliphatic hydroxyl groups is 4. The lowest BCUT2D eigenvalue weighted by Gasteiger charge is -2.67. The first-order valence-corrected chi connectivity index (χ1v) is 30.9. The molecule has 1 aromatic rings. The number of methoxy groups -OCH3 is 5. The summed E-state index contributed by atoms with van der Waals surface area (Å²) in [4.78, 5) is 27.1. The molecular formula is C63H96O22. The molecule has 0 bridgehead atoms. The van der Waals surface area contributed by atoms with Crippen LogP contribution in [0.2, 0.25) is 0 Å². The van der Waals surface area contributed by atoms with Crippen LogP contribution in [0.4, 0.5) is 0 Å². The van der Waals surface area contributed by atoms with Crippen LogP contribution in [-0.4, -0.2) is 220 Å². The third-order valence-electron chi connectivity index (χ3n) is 21.6. The number of fused-ring (bicyclic) bond motifs is 5. The Morgan fingerprint density at radius 2 is 0.976 bits per heavy atom.